The standard InChI is InChI=1S/C13H19N3OS/c1-15(2)12-4-3-10(14)9-11(12)13(17)16-5-7-18-8-6-16/h3-4,9H,5-8,14H2,1-2H3. The summed E-state index contributed by atoms with van der Waals surface area (Å²) in [5.74, 6) is 2.13. The topological polar surface area (TPSA) is 49.6 Å². The van der Waals surface area contributed by atoms with Crippen LogP contribution in [0.15, 0.2) is 18.2 Å². The Bertz CT molecular complexity index is 442. The molecule has 1 aromatic carbocycles. The molecule has 0 atom stereocenters. The van der Waals surface area contributed by atoms with Crippen molar-refractivity contribution in [2.24, 2.45) is 0 Å². The molecule has 0 aromatic heterocycles. The average molecular weight is 265 g/mol. The van der Waals surface area contributed by atoms with Gasteiger partial charge in [-0.15, -0.1) is 0 Å². The molecule has 0 bridgehead atoms. The van der Waals surface area contributed by atoms with Gasteiger partial charge in [0.2, 0.25) is 0 Å². The fourth-order valence-electron chi connectivity index (χ4n) is 2.05. The summed E-state index contributed by atoms with van der Waals surface area (Å²) in [4.78, 5) is 16.4. The van der Waals surface area contributed by atoms with Crippen LogP contribution in [0.5, 0.6) is 0 Å². The molecular weight excluding hydrogens is 246 g/mol. The van der Waals surface area contributed by atoms with E-state index in [4.69, 9.17) is 5.73 Å². The van der Waals surface area contributed by atoms with Crippen LogP contribution < -0.4 is 10.6 Å². The molecule has 0 spiro atoms. The van der Waals surface area contributed by atoms with Gasteiger partial charge >= 0.3 is 0 Å². The number of rotatable bonds is 2. The van der Waals surface area contributed by atoms with Crippen molar-refractivity contribution in [3.63, 3.8) is 0 Å². The van der Waals surface area contributed by atoms with Crippen LogP contribution >= 0.6 is 11.8 Å². The van der Waals surface area contributed by atoms with Crippen molar-refractivity contribution in [3.8, 4) is 0 Å². The zero-order valence-electron chi connectivity index (χ0n) is 10.8. The third kappa shape index (κ3) is 2.72. The molecule has 0 saturated carbocycles. The maximum Gasteiger partial charge on any atom is 0.256 e. The molecule has 2 N–H and O–H groups in total. The monoisotopic (exact) mass is 265 g/mol. The number of benzene rings is 1. The molecule has 1 amide bonds. The third-order valence-electron chi connectivity index (χ3n) is 3.03. The van der Waals surface area contributed by atoms with Crippen LogP contribution in [0.4, 0.5) is 11.4 Å². The molecule has 98 valence electrons. The lowest BCUT2D eigenvalue weighted by Crippen LogP contribution is -2.38. The van der Waals surface area contributed by atoms with Gasteiger partial charge < -0.3 is 15.5 Å². The highest BCUT2D eigenvalue weighted by Crippen LogP contribution is 2.24. The molecule has 0 radical (unpaired) electrons. The second-order valence-corrected chi connectivity index (χ2v) is 5.80. The van der Waals surface area contributed by atoms with Crippen LogP contribution in [-0.2, 0) is 0 Å². The first-order valence-corrected chi connectivity index (χ1v) is 7.19. The molecule has 18 heavy (non-hydrogen) atoms. The number of hydrogen-bond donors (Lipinski definition) is 1. The smallest absolute Gasteiger partial charge is 0.256 e. The number of hydrogen-bond acceptors (Lipinski definition) is 4. The number of thioether (sulfide) groups is 1. The zero-order valence-corrected chi connectivity index (χ0v) is 11.7. The van der Waals surface area contributed by atoms with E-state index in [2.05, 4.69) is 0 Å². The molecule has 1 aromatic rings. The Morgan fingerprint density at radius 2 is 2.00 bits per heavy atom. The maximum atomic E-state index is 12.5. The van der Waals surface area contributed by atoms with Gasteiger partial charge in [0.15, 0.2) is 0 Å². The number of carbonyl (C=O) groups is 1. The molecular formula is C13H19N3OS. The highest BCUT2D eigenvalue weighted by molar-refractivity contribution is 7.99. The van der Waals surface area contributed by atoms with E-state index in [-0.39, 0.29) is 5.91 Å². The van der Waals surface area contributed by atoms with Gasteiger partial charge in [-0.25, -0.2) is 0 Å². The van der Waals surface area contributed by atoms with Crippen LogP contribution in [0.1, 0.15) is 10.4 Å². The molecule has 1 heterocycles. The van der Waals surface area contributed by atoms with Crippen LogP contribution in [0, 0.1) is 0 Å². The fourth-order valence-corrected chi connectivity index (χ4v) is 2.95. The van der Waals surface area contributed by atoms with Crippen molar-refractivity contribution in [2.75, 3.05) is 49.3 Å². The average Bonchev–Trinajstić information content (AvgIpc) is 2.38. The number of nitrogens with two attached hydrogens (primary N) is 1. The number of amides is 1. The molecule has 1 aliphatic heterocycles. The van der Waals surface area contributed by atoms with Crippen LogP contribution in [0.25, 0.3) is 0 Å². The molecule has 1 saturated heterocycles. The molecule has 4 nitrogen and oxygen atoms in total. The van der Waals surface area contributed by atoms with Crippen molar-refractivity contribution in [1.82, 2.24) is 4.90 Å². The fraction of sp³-hybridized carbons (Fsp3) is 0.462. The van der Waals surface area contributed by atoms with Crippen LogP contribution in [0.2, 0.25) is 0 Å². The Labute approximate surface area is 112 Å². The summed E-state index contributed by atoms with van der Waals surface area (Å²) in [6.07, 6.45) is 0. The summed E-state index contributed by atoms with van der Waals surface area (Å²) in [6, 6.07) is 5.51. The minimum atomic E-state index is 0.0892. The van der Waals surface area contributed by atoms with Crippen molar-refractivity contribution >= 4 is 29.0 Å². The van der Waals surface area contributed by atoms with E-state index < -0.39 is 0 Å². The first-order valence-electron chi connectivity index (χ1n) is 6.03. The van der Waals surface area contributed by atoms with Gasteiger partial charge in [0.1, 0.15) is 0 Å². The van der Waals surface area contributed by atoms with Crippen molar-refractivity contribution < 1.29 is 4.79 Å². The van der Waals surface area contributed by atoms with E-state index in [0.29, 0.717) is 11.3 Å². The quantitative estimate of drug-likeness (QED) is 0.824. The minimum absolute atomic E-state index is 0.0892. The summed E-state index contributed by atoms with van der Waals surface area (Å²) in [6.45, 7) is 1.65. The van der Waals surface area contributed by atoms with Gasteiger partial charge in [-0.1, -0.05) is 0 Å². The largest absolute Gasteiger partial charge is 0.399 e. The Hall–Kier alpha value is -1.36. The normalized spacial score (nSPS) is 15.6. The lowest BCUT2D eigenvalue weighted by Gasteiger charge is -2.28. The summed E-state index contributed by atoms with van der Waals surface area (Å²) >= 11 is 1.90. The predicted octanol–water partition coefficient (Wildman–Crippen LogP) is 1.52. The Balaban J connectivity index is 2.30. The Kier molecular flexibility index (Phi) is 4.01. The van der Waals surface area contributed by atoms with E-state index in [1.807, 2.05) is 47.8 Å². The number of carbonyl (C=O) groups excluding carboxylic acids is 1. The van der Waals surface area contributed by atoms with E-state index in [1.54, 1.807) is 6.07 Å². The third-order valence-corrected chi connectivity index (χ3v) is 3.97. The highest BCUT2D eigenvalue weighted by atomic mass is 32.2. The number of nitrogens with zero attached hydrogens (tertiary/aromatic N) is 2. The lowest BCUT2D eigenvalue weighted by atomic mass is 10.1. The molecule has 1 fully saturated rings. The van der Waals surface area contributed by atoms with Crippen molar-refractivity contribution in [3.05, 3.63) is 23.8 Å². The molecule has 0 aliphatic carbocycles. The molecule has 1 aliphatic rings. The summed E-state index contributed by atoms with van der Waals surface area (Å²) in [5, 5.41) is 0. The second kappa shape index (κ2) is 5.52. The van der Waals surface area contributed by atoms with Gasteiger partial charge in [0.25, 0.3) is 5.91 Å². The molecule has 2 rings (SSSR count). The summed E-state index contributed by atoms with van der Waals surface area (Å²) in [7, 11) is 3.88. The van der Waals surface area contributed by atoms with E-state index in [9.17, 15) is 4.79 Å². The summed E-state index contributed by atoms with van der Waals surface area (Å²) < 4.78 is 0. The minimum Gasteiger partial charge on any atom is -0.399 e. The van der Waals surface area contributed by atoms with Crippen LogP contribution in [-0.4, -0.2) is 49.5 Å². The van der Waals surface area contributed by atoms with Gasteiger partial charge in [-0.3, -0.25) is 4.79 Å². The predicted molar refractivity (Wildman–Crippen MR) is 78.4 cm³/mol. The summed E-state index contributed by atoms with van der Waals surface area (Å²) in [5.41, 5.74) is 8.06. The SMILES string of the molecule is CN(C)c1ccc(N)cc1C(=O)N1CCSCC1. The van der Waals surface area contributed by atoms with Crippen molar-refractivity contribution in [2.45, 2.75) is 0 Å². The maximum absolute atomic E-state index is 12.5. The van der Waals surface area contributed by atoms with Gasteiger partial charge in [-0.05, 0) is 18.2 Å². The van der Waals surface area contributed by atoms with Gasteiger partial charge in [-0.2, -0.15) is 11.8 Å². The van der Waals surface area contributed by atoms with E-state index in [0.717, 1.165) is 30.3 Å². The lowest BCUT2D eigenvalue weighted by molar-refractivity contribution is 0.0773. The van der Waals surface area contributed by atoms with E-state index >= 15 is 0 Å². The number of anilines is 2. The van der Waals surface area contributed by atoms with Crippen molar-refractivity contribution in [1.29, 1.82) is 0 Å². The first kappa shape index (κ1) is 13.1. The van der Waals surface area contributed by atoms with E-state index in [1.165, 1.54) is 0 Å². The zero-order chi connectivity index (χ0) is 13.1. The molecule has 5 heteroatoms. The highest BCUT2D eigenvalue weighted by Gasteiger charge is 2.21. The Morgan fingerprint density at radius 3 is 2.61 bits per heavy atom. The number of nitrogen functional groups attached to an aromatic ring is 1. The van der Waals surface area contributed by atoms with Gasteiger partial charge in [0, 0.05) is 50.1 Å². The van der Waals surface area contributed by atoms with Gasteiger partial charge in [0.05, 0.1) is 5.56 Å². The Morgan fingerprint density at radius 1 is 1.33 bits per heavy atom. The molecule has 0 unspecified atom stereocenters. The van der Waals surface area contributed by atoms with Crippen LogP contribution in [0.3, 0.4) is 0 Å². The second-order valence-electron chi connectivity index (χ2n) is 4.58. The first-order chi connectivity index (χ1) is 8.59.